The minimum absolute atomic E-state index is 0.0719. The number of hydrogen-bond donors (Lipinski definition) is 2. The topological polar surface area (TPSA) is 71.4 Å². The molecular formula is C18H27N5O2. The van der Waals surface area contributed by atoms with Crippen molar-refractivity contribution in [2.75, 3.05) is 33.8 Å². The molecule has 25 heavy (non-hydrogen) atoms. The molecule has 0 aliphatic heterocycles. The van der Waals surface area contributed by atoms with E-state index in [9.17, 15) is 4.79 Å². The van der Waals surface area contributed by atoms with Crippen molar-refractivity contribution < 1.29 is 9.53 Å². The fraction of sp³-hybridized carbons (Fsp3) is 0.444. The van der Waals surface area contributed by atoms with E-state index in [0.717, 1.165) is 16.9 Å². The second-order valence-electron chi connectivity index (χ2n) is 6.18. The van der Waals surface area contributed by atoms with Crippen LogP contribution in [0.25, 0.3) is 0 Å². The van der Waals surface area contributed by atoms with Crippen LogP contribution in [0.4, 0.5) is 4.79 Å². The number of urea groups is 1. The Morgan fingerprint density at radius 1 is 1.32 bits per heavy atom. The van der Waals surface area contributed by atoms with E-state index in [4.69, 9.17) is 4.74 Å². The van der Waals surface area contributed by atoms with Gasteiger partial charge in [-0.25, -0.2) is 4.79 Å². The number of para-hydroxylation sites is 1. The van der Waals surface area contributed by atoms with E-state index in [1.807, 2.05) is 64.7 Å². The summed E-state index contributed by atoms with van der Waals surface area (Å²) >= 11 is 0. The number of carbonyl (C=O) groups is 1. The Hall–Kier alpha value is -2.54. The van der Waals surface area contributed by atoms with Gasteiger partial charge in [-0.05, 0) is 32.6 Å². The summed E-state index contributed by atoms with van der Waals surface area (Å²) in [4.78, 5) is 14.0. The summed E-state index contributed by atoms with van der Waals surface area (Å²) in [5.74, 6) is 0.842. The summed E-state index contributed by atoms with van der Waals surface area (Å²) in [7, 11) is 5.84. The van der Waals surface area contributed by atoms with E-state index in [0.29, 0.717) is 19.7 Å². The van der Waals surface area contributed by atoms with Crippen LogP contribution in [-0.4, -0.2) is 54.5 Å². The van der Waals surface area contributed by atoms with Crippen LogP contribution >= 0.6 is 0 Å². The van der Waals surface area contributed by atoms with E-state index in [-0.39, 0.29) is 12.1 Å². The molecule has 1 aromatic heterocycles. The molecule has 0 aliphatic rings. The summed E-state index contributed by atoms with van der Waals surface area (Å²) in [5, 5.41) is 9.90. The van der Waals surface area contributed by atoms with E-state index in [2.05, 4.69) is 20.6 Å². The molecule has 2 aromatic rings. The van der Waals surface area contributed by atoms with Crippen LogP contribution in [0.1, 0.15) is 17.2 Å². The van der Waals surface area contributed by atoms with Gasteiger partial charge in [-0.1, -0.05) is 18.2 Å². The highest BCUT2D eigenvalue weighted by atomic mass is 16.5. The molecule has 0 saturated carbocycles. The number of benzene rings is 1. The van der Waals surface area contributed by atoms with Gasteiger partial charge >= 0.3 is 6.03 Å². The van der Waals surface area contributed by atoms with Crippen molar-refractivity contribution in [1.29, 1.82) is 0 Å². The maximum Gasteiger partial charge on any atom is 0.314 e. The SMILES string of the molecule is Cc1ccccc1OCCNC(=O)NC[C@H](c1cnn(C)c1)N(C)C. The Balaban J connectivity index is 1.71. The fourth-order valence-corrected chi connectivity index (χ4v) is 2.51. The van der Waals surface area contributed by atoms with Gasteiger partial charge in [0.2, 0.25) is 0 Å². The van der Waals surface area contributed by atoms with Gasteiger partial charge in [0.05, 0.1) is 18.8 Å². The van der Waals surface area contributed by atoms with Gasteiger partial charge in [0.25, 0.3) is 0 Å². The van der Waals surface area contributed by atoms with E-state index in [1.54, 1.807) is 4.68 Å². The maximum atomic E-state index is 12.0. The molecule has 0 aliphatic carbocycles. The van der Waals surface area contributed by atoms with Gasteiger partial charge in [0.15, 0.2) is 0 Å². The molecule has 0 fully saturated rings. The number of ether oxygens (including phenoxy) is 1. The molecular weight excluding hydrogens is 318 g/mol. The first-order chi connectivity index (χ1) is 12.0. The Morgan fingerprint density at radius 2 is 2.08 bits per heavy atom. The zero-order valence-corrected chi connectivity index (χ0v) is 15.3. The average molecular weight is 345 g/mol. The molecule has 0 saturated heterocycles. The molecule has 7 nitrogen and oxygen atoms in total. The van der Waals surface area contributed by atoms with Crippen LogP contribution in [0.3, 0.4) is 0 Å². The third kappa shape index (κ3) is 5.79. The molecule has 1 heterocycles. The highest BCUT2D eigenvalue weighted by molar-refractivity contribution is 5.73. The van der Waals surface area contributed by atoms with Crippen molar-refractivity contribution in [3.63, 3.8) is 0 Å². The smallest absolute Gasteiger partial charge is 0.314 e. The maximum absolute atomic E-state index is 12.0. The van der Waals surface area contributed by atoms with Gasteiger partial charge in [-0.15, -0.1) is 0 Å². The average Bonchev–Trinajstić information content (AvgIpc) is 2.99. The van der Waals surface area contributed by atoms with Crippen LogP contribution < -0.4 is 15.4 Å². The molecule has 0 radical (unpaired) electrons. The van der Waals surface area contributed by atoms with Gasteiger partial charge < -0.3 is 20.3 Å². The monoisotopic (exact) mass is 345 g/mol. The second-order valence-corrected chi connectivity index (χ2v) is 6.18. The molecule has 7 heteroatoms. The van der Waals surface area contributed by atoms with Gasteiger partial charge in [-0.2, -0.15) is 5.10 Å². The second kappa shape index (κ2) is 9.08. The van der Waals surface area contributed by atoms with E-state index < -0.39 is 0 Å². The number of rotatable bonds is 8. The van der Waals surface area contributed by atoms with Crippen LogP contribution in [-0.2, 0) is 7.05 Å². The minimum Gasteiger partial charge on any atom is -0.491 e. The summed E-state index contributed by atoms with van der Waals surface area (Å²) in [6.07, 6.45) is 3.78. The zero-order chi connectivity index (χ0) is 18.2. The van der Waals surface area contributed by atoms with E-state index in [1.165, 1.54) is 0 Å². The molecule has 1 aromatic carbocycles. The third-order valence-electron chi connectivity index (χ3n) is 3.93. The Kier molecular flexibility index (Phi) is 6.82. The van der Waals surface area contributed by atoms with Crippen molar-refractivity contribution in [2.45, 2.75) is 13.0 Å². The number of hydrogen-bond acceptors (Lipinski definition) is 4. The number of amides is 2. The van der Waals surface area contributed by atoms with Crippen LogP contribution in [0.15, 0.2) is 36.7 Å². The highest BCUT2D eigenvalue weighted by Crippen LogP contribution is 2.16. The standard InChI is InChI=1S/C18H27N5O2/c1-14-7-5-6-8-17(14)25-10-9-19-18(24)20-12-16(22(2)3)15-11-21-23(4)13-15/h5-8,11,13,16H,9-10,12H2,1-4H3,(H2,19,20,24)/t16-/m1/s1. The largest absolute Gasteiger partial charge is 0.491 e. The van der Waals surface area contributed by atoms with Crippen LogP contribution in [0, 0.1) is 6.92 Å². The lowest BCUT2D eigenvalue weighted by atomic mass is 10.1. The van der Waals surface area contributed by atoms with Gasteiger partial charge in [-0.3, -0.25) is 4.68 Å². The quantitative estimate of drug-likeness (QED) is 0.715. The van der Waals surface area contributed by atoms with Crippen molar-refractivity contribution in [2.24, 2.45) is 7.05 Å². The van der Waals surface area contributed by atoms with Crippen LogP contribution in [0.5, 0.6) is 5.75 Å². The van der Waals surface area contributed by atoms with Crippen LogP contribution in [0.2, 0.25) is 0 Å². The van der Waals surface area contributed by atoms with E-state index >= 15 is 0 Å². The summed E-state index contributed by atoms with van der Waals surface area (Å²) in [6, 6.07) is 7.69. The zero-order valence-electron chi connectivity index (χ0n) is 15.3. The normalized spacial score (nSPS) is 12.0. The summed E-state index contributed by atoms with van der Waals surface area (Å²) in [6.45, 7) is 3.37. The molecule has 2 amide bonds. The number of likely N-dealkylation sites (N-methyl/N-ethyl adjacent to an activating group) is 1. The molecule has 0 spiro atoms. The first-order valence-electron chi connectivity index (χ1n) is 8.32. The predicted molar refractivity (Wildman–Crippen MR) is 97.7 cm³/mol. The Morgan fingerprint density at radius 3 is 2.72 bits per heavy atom. The lowest BCUT2D eigenvalue weighted by Crippen LogP contribution is -2.41. The molecule has 136 valence electrons. The minimum atomic E-state index is -0.205. The lowest BCUT2D eigenvalue weighted by molar-refractivity contribution is 0.229. The number of aromatic nitrogens is 2. The first-order valence-corrected chi connectivity index (χ1v) is 8.32. The number of aryl methyl sites for hydroxylation is 2. The summed E-state index contributed by atoms with van der Waals surface area (Å²) in [5.41, 5.74) is 2.15. The highest BCUT2D eigenvalue weighted by Gasteiger charge is 2.16. The van der Waals surface area contributed by atoms with Crippen molar-refractivity contribution >= 4 is 6.03 Å². The summed E-state index contributed by atoms with van der Waals surface area (Å²) < 4.78 is 7.42. The Labute approximate surface area is 149 Å². The van der Waals surface area contributed by atoms with Crippen molar-refractivity contribution in [3.8, 4) is 5.75 Å². The molecule has 2 rings (SSSR count). The third-order valence-corrected chi connectivity index (χ3v) is 3.93. The number of nitrogens with one attached hydrogen (secondary N) is 2. The fourth-order valence-electron chi connectivity index (χ4n) is 2.51. The van der Waals surface area contributed by atoms with Gasteiger partial charge in [0, 0.05) is 25.4 Å². The molecule has 0 bridgehead atoms. The number of carbonyl (C=O) groups excluding carboxylic acids is 1. The van der Waals surface area contributed by atoms with Crippen molar-refractivity contribution in [3.05, 3.63) is 47.8 Å². The predicted octanol–water partition coefficient (Wildman–Crippen LogP) is 1.71. The molecule has 2 N–H and O–H groups in total. The van der Waals surface area contributed by atoms with Crippen molar-refractivity contribution in [1.82, 2.24) is 25.3 Å². The Bertz CT molecular complexity index is 684. The van der Waals surface area contributed by atoms with Gasteiger partial charge in [0.1, 0.15) is 12.4 Å². The molecule has 0 unspecified atom stereocenters. The number of nitrogens with zero attached hydrogens (tertiary/aromatic N) is 3. The first kappa shape index (κ1) is 18.8. The lowest BCUT2D eigenvalue weighted by Gasteiger charge is -2.23. The molecule has 1 atom stereocenters.